The predicted molar refractivity (Wildman–Crippen MR) is 51.9 cm³/mol. The summed E-state index contributed by atoms with van der Waals surface area (Å²) in [5.74, 6) is 0. The number of anilines is 1. The van der Waals surface area contributed by atoms with Crippen LogP contribution in [0.1, 0.15) is 0 Å². The molecule has 2 N–H and O–H groups in total. The van der Waals surface area contributed by atoms with E-state index in [-0.39, 0.29) is 0 Å². The van der Waals surface area contributed by atoms with Gasteiger partial charge in [-0.15, -0.1) is 0 Å². The molecular weight excluding hydrogens is 240 g/mol. The lowest BCUT2D eigenvalue weighted by Crippen LogP contribution is -1.81. The smallest absolute Gasteiger partial charge is 0.181 e. The zero-order valence-corrected chi connectivity index (χ0v) is 8.35. The van der Waals surface area contributed by atoms with Crippen LogP contribution in [-0.2, 0) is 0 Å². The van der Waals surface area contributed by atoms with Gasteiger partial charge in [-0.2, -0.15) is 0 Å². The lowest BCUT2D eigenvalue weighted by atomic mass is 10.3. The first-order valence-electron chi connectivity index (χ1n) is 3.22. The van der Waals surface area contributed by atoms with E-state index in [0.717, 1.165) is 15.0 Å². The van der Waals surface area contributed by atoms with E-state index in [1.54, 1.807) is 12.5 Å². The standard InChI is InChI=1S/C7H5BrN2OS/c8-6-5(10-7(9)12-6)4-1-2-11-3-4/h1-3H,(H2,9,10). The van der Waals surface area contributed by atoms with Crippen LogP contribution in [0.15, 0.2) is 26.8 Å². The molecule has 0 spiro atoms. The molecule has 0 bridgehead atoms. The van der Waals surface area contributed by atoms with E-state index in [9.17, 15) is 0 Å². The Morgan fingerprint density at radius 1 is 1.58 bits per heavy atom. The van der Waals surface area contributed by atoms with E-state index in [4.69, 9.17) is 10.2 Å². The Morgan fingerprint density at radius 2 is 2.42 bits per heavy atom. The normalized spacial score (nSPS) is 10.4. The quantitative estimate of drug-likeness (QED) is 0.840. The summed E-state index contributed by atoms with van der Waals surface area (Å²) in [7, 11) is 0. The fourth-order valence-electron chi connectivity index (χ4n) is 0.894. The van der Waals surface area contributed by atoms with Crippen molar-refractivity contribution < 1.29 is 4.42 Å². The fraction of sp³-hybridized carbons (Fsp3) is 0. The van der Waals surface area contributed by atoms with Crippen molar-refractivity contribution in [2.75, 3.05) is 5.73 Å². The Kier molecular flexibility index (Phi) is 1.90. The van der Waals surface area contributed by atoms with Crippen molar-refractivity contribution in [3.05, 3.63) is 22.4 Å². The zero-order chi connectivity index (χ0) is 8.55. The molecule has 3 nitrogen and oxygen atoms in total. The molecule has 12 heavy (non-hydrogen) atoms. The SMILES string of the molecule is Nc1nc(-c2ccoc2)c(Br)s1. The largest absolute Gasteiger partial charge is 0.472 e. The first-order valence-corrected chi connectivity index (χ1v) is 4.82. The number of halogens is 1. The van der Waals surface area contributed by atoms with Crippen LogP contribution in [-0.4, -0.2) is 4.98 Å². The van der Waals surface area contributed by atoms with Crippen LogP contribution in [0.25, 0.3) is 11.3 Å². The van der Waals surface area contributed by atoms with E-state index in [0.29, 0.717) is 5.13 Å². The van der Waals surface area contributed by atoms with Gasteiger partial charge >= 0.3 is 0 Å². The third kappa shape index (κ3) is 1.25. The van der Waals surface area contributed by atoms with Crippen LogP contribution in [0, 0.1) is 0 Å². The monoisotopic (exact) mass is 244 g/mol. The summed E-state index contributed by atoms with van der Waals surface area (Å²) in [6, 6.07) is 1.85. The van der Waals surface area contributed by atoms with E-state index in [1.807, 2.05) is 6.07 Å². The highest BCUT2D eigenvalue weighted by molar-refractivity contribution is 9.11. The molecule has 5 heteroatoms. The zero-order valence-electron chi connectivity index (χ0n) is 5.95. The minimum absolute atomic E-state index is 0.554. The number of furan rings is 1. The topological polar surface area (TPSA) is 52.0 Å². The average molecular weight is 245 g/mol. The molecule has 0 aliphatic heterocycles. The van der Waals surface area contributed by atoms with Gasteiger partial charge in [0.15, 0.2) is 5.13 Å². The summed E-state index contributed by atoms with van der Waals surface area (Å²) in [5, 5.41) is 0.554. The Hall–Kier alpha value is -0.810. The van der Waals surface area contributed by atoms with Crippen molar-refractivity contribution in [1.29, 1.82) is 0 Å². The highest BCUT2D eigenvalue weighted by Crippen LogP contribution is 2.33. The van der Waals surface area contributed by atoms with Gasteiger partial charge in [0, 0.05) is 5.56 Å². The molecule has 2 aromatic rings. The number of rotatable bonds is 1. The molecule has 0 amide bonds. The summed E-state index contributed by atoms with van der Waals surface area (Å²) in [6.07, 6.45) is 3.25. The number of nitrogens with two attached hydrogens (primary N) is 1. The molecule has 0 aliphatic rings. The first kappa shape index (κ1) is 7.82. The second-order valence-electron chi connectivity index (χ2n) is 2.19. The van der Waals surface area contributed by atoms with Gasteiger partial charge in [0.25, 0.3) is 0 Å². The van der Waals surface area contributed by atoms with Crippen LogP contribution < -0.4 is 5.73 Å². The maximum absolute atomic E-state index is 5.53. The summed E-state index contributed by atoms with van der Waals surface area (Å²) in [4.78, 5) is 4.14. The number of nitrogen functional groups attached to an aromatic ring is 1. The molecule has 0 fully saturated rings. The maximum atomic E-state index is 5.53. The molecule has 2 rings (SSSR count). The molecule has 2 heterocycles. The van der Waals surface area contributed by atoms with Crippen LogP contribution in [0.4, 0.5) is 5.13 Å². The molecule has 0 aliphatic carbocycles. The van der Waals surface area contributed by atoms with E-state index in [2.05, 4.69) is 20.9 Å². The molecule has 0 saturated heterocycles. The highest BCUT2D eigenvalue weighted by atomic mass is 79.9. The Morgan fingerprint density at radius 3 is 2.92 bits per heavy atom. The van der Waals surface area contributed by atoms with Crippen LogP contribution >= 0.6 is 27.3 Å². The Labute approximate surface area is 81.4 Å². The lowest BCUT2D eigenvalue weighted by molar-refractivity contribution is 0.568. The van der Waals surface area contributed by atoms with Crippen molar-refractivity contribution in [3.63, 3.8) is 0 Å². The van der Waals surface area contributed by atoms with Crippen molar-refractivity contribution in [2.24, 2.45) is 0 Å². The molecule has 0 radical (unpaired) electrons. The maximum Gasteiger partial charge on any atom is 0.181 e. The average Bonchev–Trinajstić information content (AvgIpc) is 2.58. The van der Waals surface area contributed by atoms with Gasteiger partial charge in [0.05, 0.1) is 16.3 Å². The summed E-state index contributed by atoms with van der Waals surface area (Å²) >= 11 is 4.78. The highest BCUT2D eigenvalue weighted by Gasteiger charge is 2.09. The van der Waals surface area contributed by atoms with Crippen LogP contribution in [0.5, 0.6) is 0 Å². The van der Waals surface area contributed by atoms with Crippen LogP contribution in [0.2, 0.25) is 0 Å². The molecule has 0 atom stereocenters. The van der Waals surface area contributed by atoms with E-state index < -0.39 is 0 Å². The van der Waals surface area contributed by atoms with Crippen molar-refractivity contribution >= 4 is 32.4 Å². The van der Waals surface area contributed by atoms with E-state index >= 15 is 0 Å². The number of thiazole rings is 1. The summed E-state index contributed by atoms with van der Waals surface area (Å²) in [5.41, 5.74) is 7.31. The van der Waals surface area contributed by atoms with Gasteiger partial charge in [-0.05, 0) is 22.0 Å². The molecular formula is C7H5BrN2OS. The van der Waals surface area contributed by atoms with Gasteiger partial charge < -0.3 is 10.2 Å². The van der Waals surface area contributed by atoms with Gasteiger partial charge in [-0.25, -0.2) is 4.98 Å². The summed E-state index contributed by atoms with van der Waals surface area (Å²) in [6.45, 7) is 0. The molecule has 0 aromatic carbocycles. The minimum Gasteiger partial charge on any atom is -0.472 e. The van der Waals surface area contributed by atoms with Crippen molar-refractivity contribution in [2.45, 2.75) is 0 Å². The summed E-state index contributed by atoms with van der Waals surface area (Å²) < 4.78 is 5.87. The third-order valence-electron chi connectivity index (χ3n) is 1.40. The molecule has 62 valence electrons. The fourth-order valence-corrected chi connectivity index (χ4v) is 2.29. The number of aromatic nitrogens is 1. The second-order valence-corrected chi connectivity index (χ2v) is 4.53. The number of hydrogen-bond donors (Lipinski definition) is 1. The number of nitrogens with zero attached hydrogens (tertiary/aromatic N) is 1. The first-order chi connectivity index (χ1) is 5.77. The third-order valence-corrected chi connectivity index (χ3v) is 2.93. The second kappa shape index (κ2) is 2.91. The van der Waals surface area contributed by atoms with Gasteiger partial charge in [0.2, 0.25) is 0 Å². The van der Waals surface area contributed by atoms with Crippen molar-refractivity contribution in [3.8, 4) is 11.3 Å². The minimum atomic E-state index is 0.554. The van der Waals surface area contributed by atoms with E-state index in [1.165, 1.54) is 11.3 Å². The van der Waals surface area contributed by atoms with Gasteiger partial charge in [-0.1, -0.05) is 11.3 Å². The van der Waals surface area contributed by atoms with Crippen LogP contribution in [0.3, 0.4) is 0 Å². The van der Waals surface area contributed by atoms with Gasteiger partial charge in [-0.3, -0.25) is 0 Å². The number of hydrogen-bond acceptors (Lipinski definition) is 4. The van der Waals surface area contributed by atoms with Crippen molar-refractivity contribution in [1.82, 2.24) is 4.98 Å². The molecule has 0 saturated carbocycles. The molecule has 0 unspecified atom stereocenters. The molecule has 2 aromatic heterocycles. The Balaban J connectivity index is 2.54. The lowest BCUT2D eigenvalue weighted by Gasteiger charge is -1.87. The van der Waals surface area contributed by atoms with Gasteiger partial charge in [0.1, 0.15) is 5.69 Å². The Bertz CT molecular complexity index is 382. The predicted octanol–water partition coefficient (Wildman–Crippen LogP) is 2.75.